The first-order valence-electron chi connectivity index (χ1n) is 7.41. The zero-order valence-electron chi connectivity index (χ0n) is 14.7. The molecule has 0 aliphatic rings. The fourth-order valence-electron chi connectivity index (χ4n) is 2.06. The van der Waals surface area contributed by atoms with E-state index in [0.717, 1.165) is 11.3 Å². The summed E-state index contributed by atoms with van der Waals surface area (Å²) in [4.78, 5) is 17.8. The highest BCUT2D eigenvalue weighted by Gasteiger charge is 2.11. The molecule has 2 N–H and O–H groups in total. The van der Waals surface area contributed by atoms with Crippen molar-refractivity contribution in [2.45, 2.75) is 6.54 Å². The van der Waals surface area contributed by atoms with Gasteiger partial charge in [-0.1, -0.05) is 18.2 Å². The number of nitrogens with one attached hydrogen (secondary N) is 2. The molecule has 7 nitrogen and oxygen atoms in total. The van der Waals surface area contributed by atoms with Crippen molar-refractivity contribution in [3.05, 3.63) is 29.8 Å². The van der Waals surface area contributed by atoms with Gasteiger partial charge in [-0.05, 0) is 6.07 Å². The van der Waals surface area contributed by atoms with Gasteiger partial charge in [0, 0.05) is 39.9 Å². The Morgan fingerprint density at radius 2 is 1.96 bits per heavy atom. The van der Waals surface area contributed by atoms with Crippen LogP contribution in [0.3, 0.4) is 0 Å². The van der Waals surface area contributed by atoms with E-state index in [-0.39, 0.29) is 36.4 Å². The molecule has 1 aromatic carbocycles. The third-order valence-electron chi connectivity index (χ3n) is 3.21. The number of para-hydroxylation sites is 1. The largest absolute Gasteiger partial charge is 0.496 e. The monoisotopic (exact) mass is 450 g/mol. The Labute approximate surface area is 160 Å². The van der Waals surface area contributed by atoms with Crippen LogP contribution in [-0.2, 0) is 16.1 Å². The van der Waals surface area contributed by atoms with Crippen LogP contribution < -0.4 is 15.4 Å². The average molecular weight is 450 g/mol. The van der Waals surface area contributed by atoms with Crippen LogP contribution >= 0.6 is 24.0 Å². The Morgan fingerprint density at radius 3 is 2.58 bits per heavy atom. The quantitative estimate of drug-likeness (QED) is 0.269. The van der Waals surface area contributed by atoms with Gasteiger partial charge in [0.05, 0.1) is 20.3 Å². The molecule has 8 heteroatoms. The predicted molar refractivity (Wildman–Crippen MR) is 106 cm³/mol. The van der Waals surface area contributed by atoms with Gasteiger partial charge in [-0.25, -0.2) is 0 Å². The third kappa shape index (κ3) is 7.82. The summed E-state index contributed by atoms with van der Waals surface area (Å²) >= 11 is 0. The lowest BCUT2D eigenvalue weighted by molar-refractivity contribution is -0.120. The number of halogens is 1. The minimum Gasteiger partial charge on any atom is -0.496 e. The molecule has 0 spiro atoms. The smallest absolute Gasteiger partial charge is 0.239 e. The highest BCUT2D eigenvalue weighted by Crippen LogP contribution is 2.18. The molecule has 1 aromatic rings. The van der Waals surface area contributed by atoms with Crippen molar-refractivity contribution in [3.63, 3.8) is 0 Å². The first-order valence-corrected chi connectivity index (χ1v) is 7.41. The highest BCUT2D eigenvalue weighted by molar-refractivity contribution is 14.0. The van der Waals surface area contributed by atoms with Crippen molar-refractivity contribution >= 4 is 35.8 Å². The van der Waals surface area contributed by atoms with Crippen molar-refractivity contribution in [2.75, 3.05) is 48.0 Å². The number of rotatable bonds is 8. The molecule has 0 aliphatic carbocycles. The van der Waals surface area contributed by atoms with Crippen LogP contribution in [0.1, 0.15) is 5.56 Å². The Morgan fingerprint density at radius 1 is 1.25 bits per heavy atom. The minimum absolute atomic E-state index is 0. The second-order valence-electron chi connectivity index (χ2n) is 4.91. The molecule has 0 saturated carbocycles. The first-order chi connectivity index (χ1) is 11.1. The molecule has 1 amide bonds. The van der Waals surface area contributed by atoms with Gasteiger partial charge < -0.3 is 25.0 Å². The van der Waals surface area contributed by atoms with E-state index in [9.17, 15) is 4.79 Å². The third-order valence-corrected chi connectivity index (χ3v) is 3.21. The van der Waals surface area contributed by atoms with Crippen molar-refractivity contribution in [3.8, 4) is 5.75 Å². The standard InChI is InChI=1S/C16H26N4O3.HI/c1-17-16(19-11-15(21)18-9-10-22-3)20(2)12-13-7-5-6-8-14(13)23-4;/h5-8H,9-12H2,1-4H3,(H,17,19)(H,18,21);1H. The summed E-state index contributed by atoms with van der Waals surface area (Å²) in [5.74, 6) is 1.36. The summed E-state index contributed by atoms with van der Waals surface area (Å²) in [5.41, 5.74) is 1.05. The average Bonchev–Trinajstić information content (AvgIpc) is 2.56. The van der Waals surface area contributed by atoms with Gasteiger partial charge in [0.2, 0.25) is 5.91 Å². The van der Waals surface area contributed by atoms with Crippen LogP contribution in [0.4, 0.5) is 0 Å². The maximum atomic E-state index is 11.7. The fourth-order valence-corrected chi connectivity index (χ4v) is 2.06. The van der Waals surface area contributed by atoms with Crippen LogP contribution in [0.25, 0.3) is 0 Å². The van der Waals surface area contributed by atoms with Gasteiger partial charge in [-0.2, -0.15) is 0 Å². The van der Waals surface area contributed by atoms with Gasteiger partial charge in [-0.15, -0.1) is 24.0 Å². The molecule has 24 heavy (non-hydrogen) atoms. The summed E-state index contributed by atoms with van der Waals surface area (Å²) in [5, 5.41) is 5.79. The lowest BCUT2D eigenvalue weighted by atomic mass is 10.2. The van der Waals surface area contributed by atoms with E-state index in [2.05, 4.69) is 15.6 Å². The molecule has 0 bridgehead atoms. The molecule has 0 fully saturated rings. The maximum Gasteiger partial charge on any atom is 0.239 e. The number of methoxy groups -OCH3 is 2. The molecule has 0 atom stereocenters. The molecule has 0 aromatic heterocycles. The molecule has 136 valence electrons. The Bertz CT molecular complexity index is 526. The van der Waals surface area contributed by atoms with E-state index in [1.807, 2.05) is 36.2 Å². The SMILES string of the molecule is CN=C(NCC(=O)NCCOC)N(C)Cc1ccccc1OC.I. The van der Waals surface area contributed by atoms with Crippen LogP contribution in [0, 0.1) is 0 Å². The first kappa shape index (κ1) is 22.4. The molecule has 1 rings (SSSR count). The van der Waals surface area contributed by atoms with Crippen LogP contribution in [0.15, 0.2) is 29.3 Å². The molecular weight excluding hydrogens is 423 g/mol. The van der Waals surface area contributed by atoms with Crippen LogP contribution in [0.5, 0.6) is 5.75 Å². The number of carbonyl (C=O) groups is 1. The van der Waals surface area contributed by atoms with Crippen molar-refractivity contribution in [1.29, 1.82) is 0 Å². The number of aliphatic imine (C=N–C) groups is 1. The van der Waals surface area contributed by atoms with Gasteiger partial charge >= 0.3 is 0 Å². The van der Waals surface area contributed by atoms with E-state index in [0.29, 0.717) is 25.7 Å². The molecule has 0 radical (unpaired) electrons. The zero-order valence-corrected chi connectivity index (χ0v) is 17.0. The summed E-state index contributed by atoms with van der Waals surface area (Å²) in [6.45, 7) is 1.77. The Balaban J connectivity index is 0.00000529. The van der Waals surface area contributed by atoms with E-state index < -0.39 is 0 Å². The van der Waals surface area contributed by atoms with Crippen molar-refractivity contribution in [1.82, 2.24) is 15.5 Å². The highest BCUT2D eigenvalue weighted by atomic mass is 127. The summed E-state index contributed by atoms with van der Waals surface area (Å²) in [7, 11) is 6.84. The number of amides is 1. The number of guanidine groups is 1. The van der Waals surface area contributed by atoms with Gasteiger partial charge in [0.1, 0.15) is 5.75 Å². The number of hydrogen-bond donors (Lipinski definition) is 2. The van der Waals surface area contributed by atoms with Gasteiger partial charge in [0.25, 0.3) is 0 Å². The van der Waals surface area contributed by atoms with Crippen molar-refractivity contribution < 1.29 is 14.3 Å². The molecule has 0 unspecified atom stereocenters. The maximum absolute atomic E-state index is 11.7. The summed E-state index contributed by atoms with van der Waals surface area (Å²) in [6, 6.07) is 7.81. The predicted octanol–water partition coefficient (Wildman–Crippen LogP) is 1.08. The molecular formula is C16H27IN4O3. The van der Waals surface area contributed by atoms with Crippen LogP contribution in [0.2, 0.25) is 0 Å². The Kier molecular flexibility index (Phi) is 12.0. The van der Waals surface area contributed by atoms with Gasteiger partial charge in [-0.3, -0.25) is 9.79 Å². The second-order valence-corrected chi connectivity index (χ2v) is 4.91. The van der Waals surface area contributed by atoms with E-state index in [1.165, 1.54) is 0 Å². The topological polar surface area (TPSA) is 75.2 Å². The van der Waals surface area contributed by atoms with Crippen LogP contribution in [-0.4, -0.2) is 64.8 Å². The van der Waals surface area contributed by atoms with Gasteiger partial charge in [0.15, 0.2) is 5.96 Å². The van der Waals surface area contributed by atoms with E-state index >= 15 is 0 Å². The summed E-state index contributed by atoms with van der Waals surface area (Å²) in [6.07, 6.45) is 0. The van der Waals surface area contributed by atoms with E-state index in [4.69, 9.17) is 9.47 Å². The molecule has 0 aliphatic heterocycles. The number of carbonyl (C=O) groups excluding carboxylic acids is 1. The zero-order chi connectivity index (χ0) is 17.1. The summed E-state index contributed by atoms with van der Waals surface area (Å²) < 4.78 is 10.2. The second kappa shape index (κ2) is 12.8. The molecule has 0 heterocycles. The number of ether oxygens (including phenoxy) is 2. The number of nitrogens with zero attached hydrogens (tertiary/aromatic N) is 2. The molecule has 0 saturated heterocycles. The van der Waals surface area contributed by atoms with Crippen molar-refractivity contribution in [2.24, 2.45) is 4.99 Å². The fraction of sp³-hybridized carbons (Fsp3) is 0.500. The minimum atomic E-state index is -0.103. The Hall–Kier alpha value is -1.55. The number of hydrogen-bond acceptors (Lipinski definition) is 4. The lowest BCUT2D eigenvalue weighted by Gasteiger charge is -2.23. The number of benzene rings is 1. The normalized spacial score (nSPS) is 10.6. The lowest BCUT2D eigenvalue weighted by Crippen LogP contribution is -2.44. The van der Waals surface area contributed by atoms with E-state index in [1.54, 1.807) is 21.3 Å².